The predicted molar refractivity (Wildman–Crippen MR) is 158 cm³/mol. The SMILES string of the molecule is Cc1cnn(Cc2ccc(CCCC(=O)O)c(NC(=O)[C@@H](C)n3cc(C)c4ccc(C(=O)NCC5CC5)cc43)c2)c1. The van der Waals surface area contributed by atoms with Crippen molar-refractivity contribution in [2.75, 3.05) is 11.9 Å². The minimum atomic E-state index is -0.842. The number of anilines is 1. The third-order valence-electron chi connectivity index (χ3n) is 7.72. The molecule has 0 aliphatic heterocycles. The number of carboxylic acid groups (broad SMARTS) is 1. The van der Waals surface area contributed by atoms with E-state index in [-0.39, 0.29) is 18.2 Å². The molecular weight excluding hydrogens is 518 g/mol. The van der Waals surface area contributed by atoms with Crippen LogP contribution in [0, 0.1) is 19.8 Å². The van der Waals surface area contributed by atoms with Gasteiger partial charge in [0.1, 0.15) is 6.04 Å². The number of nitrogens with one attached hydrogen (secondary N) is 2. The zero-order chi connectivity index (χ0) is 29.1. The van der Waals surface area contributed by atoms with Crippen molar-refractivity contribution in [3.05, 3.63) is 82.8 Å². The Bertz CT molecular complexity index is 1600. The summed E-state index contributed by atoms with van der Waals surface area (Å²) in [7, 11) is 0. The van der Waals surface area contributed by atoms with Crippen molar-refractivity contribution < 1.29 is 19.5 Å². The Balaban J connectivity index is 1.38. The molecule has 214 valence electrons. The van der Waals surface area contributed by atoms with Crippen molar-refractivity contribution in [2.24, 2.45) is 5.92 Å². The lowest BCUT2D eigenvalue weighted by molar-refractivity contribution is -0.137. The van der Waals surface area contributed by atoms with E-state index >= 15 is 0 Å². The molecule has 1 aliphatic rings. The van der Waals surface area contributed by atoms with E-state index in [1.54, 1.807) is 6.20 Å². The average molecular weight is 556 g/mol. The third-order valence-corrected chi connectivity index (χ3v) is 7.72. The van der Waals surface area contributed by atoms with E-state index in [1.165, 1.54) is 12.8 Å². The van der Waals surface area contributed by atoms with Gasteiger partial charge in [0.25, 0.3) is 5.91 Å². The average Bonchev–Trinajstić information content (AvgIpc) is 3.60. The lowest BCUT2D eigenvalue weighted by atomic mass is 10.0. The number of hydrogen-bond donors (Lipinski definition) is 3. The summed E-state index contributed by atoms with van der Waals surface area (Å²) in [5, 5.41) is 20.6. The van der Waals surface area contributed by atoms with Gasteiger partial charge in [0.2, 0.25) is 5.91 Å². The molecule has 0 radical (unpaired) electrons. The second-order valence-corrected chi connectivity index (χ2v) is 11.2. The van der Waals surface area contributed by atoms with E-state index in [1.807, 2.05) is 78.8 Å². The molecule has 1 aliphatic carbocycles. The topological polar surface area (TPSA) is 118 Å². The number of carbonyl (C=O) groups is 3. The summed E-state index contributed by atoms with van der Waals surface area (Å²) in [5.74, 6) is -0.549. The Morgan fingerprint density at radius 1 is 1.10 bits per heavy atom. The fraction of sp³-hybridized carbons (Fsp3) is 0.375. The van der Waals surface area contributed by atoms with Crippen LogP contribution in [0.4, 0.5) is 5.69 Å². The number of nitrogens with zero attached hydrogens (tertiary/aromatic N) is 3. The van der Waals surface area contributed by atoms with Crippen molar-refractivity contribution in [3.63, 3.8) is 0 Å². The fourth-order valence-corrected chi connectivity index (χ4v) is 5.14. The number of amides is 2. The van der Waals surface area contributed by atoms with Gasteiger partial charge in [-0.15, -0.1) is 0 Å². The van der Waals surface area contributed by atoms with Crippen LogP contribution in [0.3, 0.4) is 0 Å². The highest BCUT2D eigenvalue weighted by molar-refractivity contribution is 6.00. The van der Waals surface area contributed by atoms with Crippen molar-refractivity contribution in [1.29, 1.82) is 0 Å². The molecule has 0 spiro atoms. The summed E-state index contributed by atoms with van der Waals surface area (Å²) in [6.45, 7) is 7.07. The van der Waals surface area contributed by atoms with Crippen LogP contribution in [0.25, 0.3) is 10.9 Å². The van der Waals surface area contributed by atoms with Crippen LogP contribution in [-0.2, 0) is 22.6 Å². The van der Waals surface area contributed by atoms with Crippen molar-refractivity contribution in [3.8, 4) is 0 Å². The smallest absolute Gasteiger partial charge is 0.303 e. The van der Waals surface area contributed by atoms with Crippen molar-refractivity contribution in [1.82, 2.24) is 19.7 Å². The van der Waals surface area contributed by atoms with Gasteiger partial charge in [-0.1, -0.05) is 18.2 Å². The largest absolute Gasteiger partial charge is 0.481 e. The lowest BCUT2D eigenvalue weighted by Gasteiger charge is -2.18. The first-order valence-corrected chi connectivity index (χ1v) is 14.2. The number of fused-ring (bicyclic) bond motifs is 1. The second kappa shape index (κ2) is 12.0. The first-order valence-electron chi connectivity index (χ1n) is 14.2. The molecule has 3 N–H and O–H groups in total. The lowest BCUT2D eigenvalue weighted by Crippen LogP contribution is -2.26. The number of aliphatic carboxylic acids is 1. The molecule has 9 nitrogen and oxygen atoms in total. The van der Waals surface area contributed by atoms with Crippen molar-refractivity contribution in [2.45, 2.75) is 65.5 Å². The van der Waals surface area contributed by atoms with Gasteiger partial charge in [0.15, 0.2) is 0 Å². The number of aryl methyl sites for hydroxylation is 3. The number of carboxylic acids is 1. The summed E-state index contributed by atoms with van der Waals surface area (Å²) in [5.41, 5.74) is 6.02. The maximum absolute atomic E-state index is 13.7. The molecule has 2 heterocycles. The van der Waals surface area contributed by atoms with Gasteiger partial charge in [-0.2, -0.15) is 5.10 Å². The van der Waals surface area contributed by atoms with E-state index in [4.69, 9.17) is 5.11 Å². The molecule has 0 unspecified atom stereocenters. The molecule has 1 fully saturated rings. The minimum absolute atomic E-state index is 0.0588. The number of aromatic nitrogens is 3. The molecule has 2 aromatic carbocycles. The Labute approximate surface area is 239 Å². The Morgan fingerprint density at radius 3 is 2.61 bits per heavy atom. The van der Waals surface area contributed by atoms with Crippen LogP contribution in [0.2, 0.25) is 0 Å². The molecule has 9 heteroatoms. The molecule has 1 saturated carbocycles. The summed E-state index contributed by atoms with van der Waals surface area (Å²) >= 11 is 0. The highest BCUT2D eigenvalue weighted by Crippen LogP contribution is 2.29. The molecule has 0 saturated heterocycles. The first kappa shape index (κ1) is 28.1. The number of rotatable bonds is 12. The minimum Gasteiger partial charge on any atom is -0.481 e. The molecule has 1 atom stereocenters. The molecule has 5 rings (SSSR count). The second-order valence-electron chi connectivity index (χ2n) is 11.2. The normalized spacial score (nSPS) is 13.7. The van der Waals surface area contributed by atoms with Gasteiger partial charge >= 0.3 is 5.97 Å². The maximum Gasteiger partial charge on any atom is 0.303 e. The van der Waals surface area contributed by atoms with Crippen LogP contribution >= 0.6 is 0 Å². The van der Waals surface area contributed by atoms with Crippen LogP contribution in [-0.4, -0.2) is 43.8 Å². The van der Waals surface area contributed by atoms with E-state index in [0.717, 1.165) is 33.2 Å². The highest BCUT2D eigenvalue weighted by atomic mass is 16.4. The Kier molecular flexibility index (Phi) is 8.23. The highest BCUT2D eigenvalue weighted by Gasteiger charge is 2.23. The predicted octanol–water partition coefficient (Wildman–Crippen LogP) is 5.25. The standard InChI is InChI=1S/C32H37N5O4/c1-20-15-34-36(17-20)19-24-9-10-25(5-4-6-30(38)39)28(13-24)35-31(40)22(3)37-18-21(2)27-12-11-26(14-29(27)37)32(41)33-16-23-7-8-23/h9-15,17-18,22-23H,4-8,16,19H2,1-3H3,(H,33,41)(H,35,40)(H,38,39)/t22-/m1/s1. The summed E-state index contributed by atoms with van der Waals surface area (Å²) in [4.78, 5) is 37.5. The summed E-state index contributed by atoms with van der Waals surface area (Å²) < 4.78 is 3.76. The van der Waals surface area contributed by atoms with E-state index in [2.05, 4.69) is 15.7 Å². The van der Waals surface area contributed by atoms with Gasteiger partial charge in [-0.25, -0.2) is 0 Å². The van der Waals surface area contributed by atoms with Crippen LogP contribution in [0.5, 0.6) is 0 Å². The molecule has 2 amide bonds. The zero-order valence-corrected chi connectivity index (χ0v) is 23.8. The summed E-state index contributed by atoms with van der Waals surface area (Å²) in [6, 6.07) is 11.0. The Morgan fingerprint density at radius 2 is 1.90 bits per heavy atom. The third kappa shape index (κ3) is 6.85. The van der Waals surface area contributed by atoms with Crippen LogP contribution < -0.4 is 10.6 Å². The van der Waals surface area contributed by atoms with Gasteiger partial charge in [-0.05, 0) is 92.8 Å². The molecule has 2 aromatic heterocycles. The van der Waals surface area contributed by atoms with E-state index < -0.39 is 12.0 Å². The van der Waals surface area contributed by atoms with E-state index in [9.17, 15) is 14.4 Å². The van der Waals surface area contributed by atoms with Gasteiger partial charge in [0, 0.05) is 47.5 Å². The number of carbonyl (C=O) groups excluding carboxylic acids is 2. The quantitative estimate of drug-likeness (QED) is 0.221. The maximum atomic E-state index is 13.7. The van der Waals surface area contributed by atoms with Gasteiger partial charge in [0.05, 0.1) is 12.7 Å². The van der Waals surface area contributed by atoms with Crippen LogP contribution in [0.1, 0.15) is 71.3 Å². The van der Waals surface area contributed by atoms with E-state index in [0.29, 0.717) is 43.1 Å². The Hall–Kier alpha value is -4.40. The molecule has 0 bridgehead atoms. The first-order chi connectivity index (χ1) is 19.7. The van der Waals surface area contributed by atoms with Crippen molar-refractivity contribution >= 4 is 34.4 Å². The number of hydrogen-bond acceptors (Lipinski definition) is 4. The molecule has 4 aromatic rings. The summed E-state index contributed by atoms with van der Waals surface area (Å²) in [6.07, 6.45) is 9.11. The van der Waals surface area contributed by atoms with Crippen LogP contribution in [0.15, 0.2) is 55.0 Å². The van der Waals surface area contributed by atoms with Gasteiger partial charge in [-0.3, -0.25) is 19.1 Å². The zero-order valence-electron chi connectivity index (χ0n) is 23.8. The monoisotopic (exact) mass is 555 g/mol. The van der Waals surface area contributed by atoms with Gasteiger partial charge < -0.3 is 20.3 Å². The number of benzene rings is 2. The molecular formula is C32H37N5O4. The fourth-order valence-electron chi connectivity index (χ4n) is 5.14. The molecule has 41 heavy (non-hydrogen) atoms.